The van der Waals surface area contributed by atoms with E-state index in [2.05, 4.69) is 15.6 Å². The van der Waals surface area contributed by atoms with Crippen LogP contribution in [0, 0.1) is 12.3 Å². The van der Waals surface area contributed by atoms with E-state index in [1.807, 2.05) is 45.9 Å². The standard InChI is InChI=1S/C28H41N5O5S.2ClH/c1-17-24(39-16-31-17)19-8-9-20(23(12-19)38-11-7-6-10-29)14-30-26(36)22-13-21(35)15-33(22)27(37)25(28(3,4)5)32-18(2)34;;/h8-9,12,16,21-22,25,35H,6-7,10-11,13-15,29H2,1-5H3,(H,30,36)(H,32,34);2*1H. The van der Waals surface area contributed by atoms with E-state index in [1.165, 1.54) is 11.8 Å². The number of amides is 3. The van der Waals surface area contributed by atoms with Gasteiger partial charge in [0.15, 0.2) is 0 Å². The van der Waals surface area contributed by atoms with Crippen molar-refractivity contribution in [1.29, 1.82) is 0 Å². The molecule has 0 saturated carbocycles. The van der Waals surface area contributed by atoms with Crippen LogP contribution in [0.25, 0.3) is 10.4 Å². The maximum atomic E-state index is 13.5. The highest BCUT2D eigenvalue weighted by atomic mass is 35.5. The average Bonchev–Trinajstić information content (AvgIpc) is 3.48. The minimum atomic E-state index is -0.848. The fourth-order valence-corrected chi connectivity index (χ4v) is 5.41. The average molecular weight is 633 g/mol. The molecule has 10 nitrogen and oxygen atoms in total. The molecule has 1 aromatic heterocycles. The number of likely N-dealkylation sites (tertiary alicyclic amines) is 1. The summed E-state index contributed by atoms with van der Waals surface area (Å²) in [5.41, 5.74) is 9.56. The van der Waals surface area contributed by atoms with Gasteiger partial charge in [-0.15, -0.1) is 36.2 Å². The molecule has 3 unspecified atom stereocenters. The lowest BCUT2D eigenvalue weighted by Crippen LogP contribution is -2.57. The minimum Gasteiger partial charge on any atom is -0.493 e. The second-order valence-electron chi connectivity index (χ2n) is 11.0. The molecular weight excluding hydrogens is 589 g/mol. The van der Waals surface area contributed by atoms with Crippen LogP contribution in [0.2, 0.25) is 0 Å². The lowest BCUT2D eigenvalue weighted by atomic mass is 9.85. The first kappa shape index (κ1) is 36.6. The molecule has 13 heteroatoms. The van der Waals surface area contributed by atoms with Crippen LogP contribution >= 0.6 is 36.2 Å². The van der Waals surface area contributed by atoms with Crippen molar-refractivity contribution in [3.8, 4) is 16.2 Å². The Hall–Kier alpha value is -2.44. The molecule has 0 bridgehead atoms. The van der Waals surface area contributed by atoms with Crippen LogP contribution in [-0.4, -0.2) is 70.6 Å². The molecule has 3 amide bonds. The minimum absolute atomic E-state index is 0. The van der Waals surface area contributed by atoms with E-state index in [4.69, 9.17) is 10.5 Å². The van der Waals surface area contributed by atoms with Gasteiger partial charge in [0, 0.05) is 32.0 Å². The Morgan fingerprint density at radius 2 is 1.95 bits per heavy atom. The molecule has 3 atom stereocenters. The van der Waals surface area contributed by atoms with Gasteiger partial charge < -0.3 is 31.1 Å². The van der Waals surface area contributed by atoms with E-state index in [0.717, 1.165) is 34.5 Å². The number of ether oxygens (including phenoxy) is 1. The third kappa shape index (κ3) is 9.82. The topological polar surface area (TPSA) is 147 Å². The second-order valence-corrected chi connectivity index (χ2v) is 11.9. The van der Waals surface area contributed by atoms with Gasteiger partial charge in [0.25, 0.3) is 0 Å². The number of rotatable bonds is 11. The van der Waals surface area contributed by atoms with Crippen molar-refractivity contribution in [2.45, 2.75) is 78.6 Å². The fourth-order valence-electron chi connectivity index (χ4n) is 4.61. The monoisotopic (exact) mass is 631 g/mol. The Bertz CT molecular complexity index is 1170. The van der Waals surface area contributed by atoms with Crippen molar-refractivity contribution >= 4 is 53.9 Å². The Balaban J connectivity index is 0.00000420. The number of carbonyl (C=O) groups excluding carboxylic acids is 3. The normalized spacial score (nSPS) is 17.2. The Kier molecular flexibility index (Phi) is 14.5. The molecule has 1 aliphatic rings. The highest BCUT2D eigenvalue weighted by Gasteiger charge is 2.44. The molecule has 5 N–H and O–H groups in total. The number of aryl methyl sites for hydroxylation is 1. The molecule has 1 aromatic carbocycles. The molecule has 1 fully saturated rings. The van der Waals surface area contributed by atoms with Crippen molar-refractivity contribution in [1.82, 2.24) is 20.5 Å². The molecule has 0 aliphatic carbocycles. The molecule has 3 rings (SSSR count). The molecule has 230 valence electrons. The number of benzene rings is 1. The summed E-state index contributed by atoms with van der Waals surface area (Å²) in [4.78, 5) is 45.3. The largest absolute Gasteiger partial charge is 0.493 e. The molecule has 1 aliphatic heterocycles. The van der Waals surface area contributed by atoms with Crippen LogP contribution in [0.5, 0.6) is 5.75 Å². The van der Waals surface area contributed by atoms with Gasteiger partial charge in [-0.1, -0.05) is 32.9 Å². The summed E-state index contributed by atoms with van der Waals surface area (Å²) in [5.74, 6) is -0.426. The number of halogens is 2. The van der Waals surface area contributed by atoms with E-state index < -0.39 is 23.6 Å². The Morgan fingerprint density at radius 1 is 1.24 bits per heavy atom. The predicted octanol–water partition coefficient (Wildman–Crippen LogP) is 3.21. The van der Waals surface area contributed by atoms with E-state index in [1.54, 1.807) is 16.8 Å². The molecule has 0 spiro atoms. The van der Waals surface area contributed by atoms with Gasteiger partial charge in [-0.2, -0.15) is 0 Å². The number of aliphatic hydroxyl groups is 1. The van der Waals surface area contributed by atoms with Crippen molar-refractivity contribution < 1.29 is 24.2 Å². The smallest absolute Gasteiger partial charge is 0.246 e. The summed E-state index contributed by atoms with van der Waals surface area (Å²) in [6.45, 7) is 10.2. The van der Waals surface area contributed by atoms with Crippen LogP contribution in [0.15, 0.2) is 23.7 Å². The fraction of sp³-hybridized carbons (Fsp3) is 0.571. The van der Waals surface area contributed by atoms with Gasteiger partial charge in [-0.3, -0.25) is 14.4 Å². The molecular formula is C28H43Cl2N5O5S. The first-order chi connectivity index (χ1) is 18.4. The number of β-amino-alcohol motifs (C(OH)–C–C–N with tert-alkyl or cyclic N) is 1. The maximum Gasteiger partial charge on any atom is 0.246 e. The number of hydrogen-bond acceptors (Lipinski definition) is 8. The van der Waals surface area contributed by atoms with Crippen LogP contribution in [-0.2, 0) is 20.9 Å². The number of nitrogens with two attached hydrogens (primary N) is 1. The van der Waals surface area contributed by atoms with Crippen LogP contribution in [0.3, 0.4) is 0 Å². The number of carbonyl (C=O) groups is 3. The second kappa shape index (κ2) is 16.3. The molecule has 1 saturated heterocycles. The van der Waals surface area contributed by atoms with Gasteiger partial charge >= 0.3 is 0 Å². The van der Waals surface area contributed by atoms with Crippen LogP contribution in [0.1, 0.15) is 58.2 Å². The van der Waals surface area contributed by atoms with Gasteiger partial charge in [-0.05, 0) is 43.4 Å². The summed E-state index contributed by atoms with van der Waals surface area (Å²) < 4.78 is 6.09. The number of unbranched alkanes of at least 4 members (excludes halogenated alkanes) is 1. The molecule has 2 heterocycles. The van der Waals surface area contributed by atoms with Crippen molar-refractivity contribution in [3.05, 3.63) is 35.0 Å². The number of hydrogen-bond donors (Lipinski definition) is 4. The quantitative estimate of drug-likeness (QED) is 0.278. The Morgan fingerprint density at radius 3 is 2.54 bits per heavy atom. The first-order valence-electron chi connectivity index (χ1n) is 13.3. The lowest BCUT2D eigenvalue weighted by molar-refractivity contribution is -0.143. The molecule has 0 radical (unpaired) electrons. The van der Waals surface area contributed by atoms with Gasteiger partial charge in [0.05, 0.1) is 28.8 Å². The Labute approximate surface area is 258 Å². The first-order valence-corrected chi connectivity index (χ1v) is 14.2. The van der Waals surface area contributed by atoms with Gasteiger partial charge in [-0.25, -0.2) is 4.98 Å². The highest BCUT2D eigenvalue weighted by molar-refractivity contribution is 7.13. The number of nitrogens with zero attached hydrogens (tertiary/aromatic N) is 2. The lowest BCUT2D eigenvalue weighted by Gasteiger charge is -2.35. The third-order valence-corrected chi connectivity index (χ3v) is 7.69. The van der Waals surface area contributed by atoms with E-state index in [-0.39, 0.29) is 62.0 Å². The summed E-state index contributed by atoms with van der Waals surface area (Å²) in [7, 11) is 0. The zero-order valence-corrected chi connectivity index (χ0v) is 26.7. The van der Waals surface area contributed by atoms with Crippen molar-refractivity contribution in [2.75, 3.05) is 19.7 Å². The number of aliphatic hydroxyl groups excluding tert-OH is 1. The van der Waals surface area contributed by atoms with Crippen LogP contribution in [0.4, 0.5) is 0 Å². The number of aromatic nitrogens is 1. The zero-order valence-electron chi connectivity index (χ0n) is 24.3. The van der Waals surface area contributed by atoms with E-state index in [0.29, 0.717) is 18.9 Å². The van der Waals surface area contributed by atoms with Crippen molar-refractivity contribution in [2.24, 2.45) is 11.1 Å². The third-order valence-electron chi connectivity index (χ3n) is 6.71. The van der Waals surface area contributed by atoms with Crippen molar-refractivity contribution in [3.63, 3.8) is 0 Å². The van der Waals surface area contributed by atoms with Gasteiger partial charge in [0.1, 0.15) is 17.8 Å². The summed E-state index contributed by atoms with van der Waals surface area (Å²) >= 11 is 1.55. The summed E-state index contributed by atoms with van der Waals surface area (Å²) in [5, 5.41) is 16.0. The maximum absolute atomic E-state index is 13.5. The predicted molar refractivity (Wildman–Crippen MR) is 166 cm³/mol. The molecule has 41 heavy (non-hydrogen) atoms. The van der Waals surface area contributed by atoms with E-state index in [9.17, 15) is 19.5 Å². The number of thiazole rings is 1. The SMILES string of the molecule is CC(=O)NC(C(=O)N1CC(O)CC1C(=O)NCc1ccc(-c2scnc2C)cc1OCCCCN)C(C)(C)C.Cl.Cl. The molecule has 2 aromatic rings. The summed E-state index contributed by atoms with van der Waals surface area (Å²) in [6.07, 6.45) is 0.959. The van der Waals surface area contributed by atoms with Gasteiger partial charge in [0.2, 0.25) is 17.7 Å². The highest BCUT2D eigenvalue weighted by Crippen LogP contribution is 2.32. The van der Waals surface area contributed by atoms with Crippen LogP contribution < -0.4 is 21.1 Å². The number of nitrogens with one attached hydrogen (secondary N) is 2. The zero-order chi connectivity index (χ0) is 28.7. The summed E-state index contributed by atoms with van der Waals surface area (Å²) in [6, 6.07) is 4.18. The van der Waals surface area contributed by atoms with E-state index >= 15 is 0 Å².